The number of benzene rings is 2. The van der Waals surface area contributed by atoms with Crippen molar-refractivity contribution < 1.29 is 4.74 Å². The smallest absolute Gasteiger partial charge is 0.191 e. The molecule has 0 unspecified atom stereocenters. The van der Waals surface area contributed by atoms with Crippen LogP contribution < -0.4 is 16.0 Å². The number of methoxy groups -OCH3 is 1. The number of aromatic nitrogens is 2. The fraction of sp³-hybridized carbons (Fsp3) is 0.333. The van der Waals surface area contributed by atoms with Crippen LogP contribution >= 0.6 is 0 Å². The lowest BCUT2D eigenvalue weighted by molar-refractivity contribution is 0.211. The Bertz CT molecular complexity index is 904. The Hall–Kier alpha value is -3.32. The van der Waals surface area contributed by atoms with Crippen molar-refractivity contribution >= 4 is 11.6 Å². The lowest BCUT2D eigenvalue weighted by Gasteiger charge is -2.12. The van der Waals surface area contributed by atoms with Crippen molar-refractivity contribution in [1.82, 2.24) is 20.4 Å². The third kappa shape index (κ3) is 7.46. The van der Waals surface area contributed by atoms with Crippen LogP contribution in [-0.4, -0.2) is 49.1 Å². The predicted molar refractivity (Wildman–Crippen MR) is 127 cm³/mol. The van der Waals surface area contributed by atoms with Crippen molar-refractivity contribution in [1.29, 1.82) is 0 Å². The number of hydrogen-bond acceptors (Lipinski definition) is 4. The van der Waals surface area contributed by atoms with Crippen LogP contribution in [0.3, 0.4) is 0 Å². The molecule has 0 aliphatic rings. The summed E-state index contributed by atoms with van der Waals surface area (Å²) in [5, 5.41) is 14.3. The first kappa shape index (κ1) is 22.4. The zero-order valence-electron chi connectivity index (χ0n) is 18.3. The monoisotopic (exact) mass is 420 g/mol. The quantitative estimate of drug-likeness (QED) is 0.252. The summed E-state index contributed by atoms with van der Waals surface area (Å²) in [4.78, 5) is 4.71. The molecular weight excluding hydrogens is 388 g/mol. The van der Waals surface area contributed by atoms with Crippen LogP contribution in [0.2, 0.25) is 0 Å². The highest BCUT2D eigenvalue weighted by atomic mass is 16.5. The molecule has 0 atom stereocenters. The highest BCUT2D eigenvalue weighted by Gasteiger charge is 2.01. The maximum Gasteiger partial charge on any atom is 0.191 e. The van der Waals surface area contributed by atoms with Crippen molar-refractivity contribution in [2.45, 2.75) is 19.9 Å². The lowest BCUT2D eigenvalue weighted by atomic mass is 10.1. The topological polar surface area (TPSA) is 75.5 Å². The van der Waals surface area contributed by atoms with Gasteiger partial charge < -0.3 is 20.7 Å². The molecule has 3 N–H and O–H groups in total. The van der Waals surface area contributed by atoms with E-state index in [0.717, 1.165) is 43.4 Å². The summed E-state index contributed by atoms with van der Waals surface area (Å²) in [7, 11) is 1.71. The average Bonchev–Trinajstić information content (AvgIpc) is 3.34. The number of aliphatic imine (C=N–C) groups is 1. The number of guanidine groups is 1. The first-order chi connectivity index (χ1) is 15.3. The first-order valence-corrected chi connectivity index (χ1v) is 10.7. The van der Waals surface area contributed by atoms with E-state index >= 15 is 0 Å². The van der Waals surface area contributed by atoms with Gasteiger partial charge in [0.2, 0.25) is 0 Å². The number of ether oxygens (including phenoxy) is 1. The maximum atomic E-state index is 5.06. The molecule has 3 aromatic rings. The minimum atomic E-state index is 0.631. The third-order valence-corrected chi connectivity index (χ3v) is 4.76. The molecule has 0 aliphatic heterocycles. The van der Waals surface area contributed by atoms with Crippen LogP contribution in [0.5, 0.6) is 0 Å². The Morgan fingerprint density at radius 2 is 1.77 bits per heavy atom. The van der Waals surface area contributed by atoms with E-state index in [4.69, 9.17) is 9.73 Å². The molecule has 7 nitrogen and oxygen atoms in total. The van der Waals surface area contributed by atoms with Gasteiger partial charge in [-0.05, 0) is 54.8 Å². The van der Waals surface area contributed by atoms with Crippen molar-refractivity contribution in [3.8, 4) is 5.69 Å². The number of nitrogens with one attached hydrogen (secondary N) is 3. The molecule has 1 heterocycles. The molecule has 0 amide bonds. The van der Waals surface area contributed by atoms with Gasteiger partial charge in [0.1, 0.15) is 0 Å². The van der Waals surface area contributed by atoms with Crippen LogP contribution in [-0.2, 0) is 17.7 Å². The molecule has 0 spiro atoms. The van der Waals surface area contributed by atoms with Crippen LogP contribution in [0.25, 0.3) is 5.69 Å². The fourth-order valence-corrected chi connectivity index (χ4v) is 3.10. The third-order valence-electron chi connectivity index (χ3n) is 4.76. The van der Waals surface area contributed by atoms with Crippen molar-refractivity contribution in [3.63, 3.8) is 0 Å². The number of anilines is 1. The molecule has 0 radical (unpaired) electrons. The van der Waals surface area contributed by atoms with E-state index in [0.29, 0.717) is 13.2 Å². The molecule has 1 aromatic heterocycles. The van der Waals surface area contributed by atoms with Gasteiger partial charge in [0.05, 0.1) is 18.8 Å². The average molecular weight is 421 g/mol. The first-order valence-electron chi connectivity index (χ1n) is 10.7. The molecule has 0 saturated carbocycles. The molecule has 31 heavy (non-hydrogen) atoms. The summed E-state index contributed by atoms with van der Waals surface area (Å²) >= 11 is 0. The van der Waals surface area contributed by atoms with Crippen LogP contribution in [0.15, 0.2) is 72.0 Å². The second kappa shape index (κ2) is 12.4. The molecule has 0 fully saturated rings. The summed E-state index contributed by atoms with van der Waals surface area (Å²) in [6.07, 6.45) is 4.65. The van der Waals surface area contributed by atoms with E-state index in [1.54, 1.807) is 13.3 Å². The normalized spacial score (nSPS) is 11.4. The predicted octanol–water partition coefficient (Wildman–Crippen LogP) is 3.23. The van der Waals surface area contributed by atoms with E-state index in [2.05, 4.69) is 76.5 Å². The highest BCUT2D eigenvalue weighted by Crippen LogP contribution is 2.10. The summed E-state index contributed by atoms with van der Waals surface area (Å²) in [6.45, 7) is 5.84. The number of rotatable bonds is 11. The second-order valence-electron chi connectivity index (χ2n) is 7.11. The summed E-state index contributed by atoms with van der Waals surface area (Å²) in [5.41, 5.74) is 4.60. The van der Waals surface area contributed by atoms with Gasteiger partial charge in [-0.3, -0.25) is 0 Å². The highest BCUT2D eigenvalue weighted by molar-refractivity contribution is 5.79. The molecule has 2 aromatic carbocycles. The minimum absolute atomic E-state index is 0.631. The van der Waals surface area contributed by atoms with Gasteiger partial charge in [-0.1, -0.05) is 24.3 Å². The van der Waals surface area contributed by atoms with Gasteiger partial charge in [-0.2, -0.15) is 5.10 Å². The van der Waals surface area contributed by atoms with Crippen LogP contribution in [0.1, 0.15) is 18.1 Å². The summed E-state index contributed by atoms with van der Waals surface area (Å²) in [5.74, 6) is 0.831. The zero-order valence-corrected chi connectivity index (χ0v) is 18.3. The van der Waals surface area contributed by atoms with E-state index in [-0.39, 0.29) is 0 Å². The molecule has 0 aliphatic carbocycles. The van der Waals surface area contributed by atoms with E-state index in [1.807, 2.05) is 16.9 Å². The van der Waals surface area contributed by atoms with E-state index in [1.165, 1.54) is 11.1 Å². The molecule has 3 rings (SSSR count). The minimum Gasteiger partial charge on any atom is -0.383 e. The molecule has 7 heteroatoms. The Labute approximate surface area is 184 Å². The van der Waals surface area contributed by atoms with Gasteiger partial charge >= 0.3 is 0 Å². The van der Waals surface area contributed by atoms with E-state index < -0.39 is 0 Å². The van der Waals surface area contributed by atoms with Crippen LogP contribution in [0.4, 0.5) is 5.69 Å². The van der Waals surface area contributed by atoms with Crippen molar-refractivity contribution in [2.24, 2.45) is 4.99 Å². The summed E-state index contributed by atoms with van der Waals surface area (Å²) < 4.78 is 6.92. The number of nitrogens with zero attached hydrogens (tertiary/aromatic N) is 3. The molecule has 0 saturated heterocycles. The fourth-order valence-electron chi connectivity index (χ4n) is 3.10. The maximum absolute atomic E-state index is 5.06. The van der Waals surface area contributed by atoms with Gasteiger partial charge in [-0.15, -0.1) is 0 Å². The Kier molecular flexibility index (Phi) is 8.94. The molecular formula is C24H32N6O. The lowest BCUT2D eigenvalue weighted by Crippen LogP contribution is -2.38. The Morgan fingerprint density at radius 3 is 2.45 bits per heavy atom. The molecule has 164 valence electrons. The number of hydrogen-bond donors (Lipinski definition) is 3. The molecule has 0 bridgehead atoms. The summed E-state index contributed by atoms with van der Waals surface area (Å²) in [6, 6.07) is 18.8. The SMILES string of the molecule is CCNC(=NCc1ccc(NCCOC)cc1)NCCc1ccc(-n2cccn2)cc1. The van der Waals surface area contributed by atoms with Gasteiger partial charge in [-0.25, -0.2) is 9.67 Å². The van der Waals surface area contributed by atoms with Gasteiger partial charge in [0.15, 0.2) is 5.96 Å². The standard InChI is InChI=1S/C24H32N6O/c1-3-25-24(28-19-21-5-9-22(10-6-21)26-16-18-31-2)27-15-13-20-7-11-23(12-8-20)30-17-4-14-29-30/h4-12,14,17,26H,3,13,15-16,18-19H2,1-2H3,(H2,25,27,28). The Morgan fingerprint density at radius 1 is 1.00 bits per heavy atom. The Balaban J connectivity index is 1.47. The van der Waals surface area contributed by atoms with Crippen LogP contribution in [0, 0.1) is 0 Å². The van der Waals surface area contributed by atoms with E-state index in [9.17, 15) is 0 Å². The second-order valence-corrected chi connectivity index (χ2v) is 7.11. The van der Waals surface area contributed by atoms with Gasteiger partial charge in [0.25, 0.3) is 0 Å². The largest absolute Gasteiger partial charge is 0.383 e. The zero-order chi connectivity index (χ0) is 21.7. The van der Waals surface area contributed by atoms with Crippen molar-refractivity contribution in [3.05, 3.63) is 78.1 Å². The van der Waals surface area contributed by atoms with Crippen molar-refractivity contribution in [2.75, 3.05) is 38.7 Å². The van der Waals surface area contributed by atoms with Gasteiger partial charge in [0, 0.05) is 44.8 Å².